The predicted molar refractivity (Wildman–Crippen MR) is 113 cm³/mol. The van der Waals surface area contributed by atoms with E-state index in [9.17, 15) is 36.3 Å². The van der Waals surface area contributed by atoms with E-state index in [2.05, 4.69) is 21.3 Å². The lowest BCUT2D eigenvalue weighted by Crippen LogP contribution is -2.70. The van der Waals surface area contributed by atoms with Crippen LogP contribution in [0.25, 0.3) is 0 Å². The molecule has 0 aliphatic carbocycles. The SMILES string of the molecule is NC1NC(SCC(=O)Nc2cccc(C(F)(F)F)c2)NC(=O)C1NC(=O)c1ccc(F)c(F)c1. The first-order valence-corrected chi connectivity index (χ1v) is 10.7. The molecule has 14 heteroatoms. The van der Waals surface area contributed by atoms with Crippen LogP contribution in [0.2, 0.25) is 0 Å². The van der Waals surface area contributed by atoms with Gasteiger partial charge in [-0.3, -0.25) is 19.7 Å². The number of amides is 3. The Balaban J connectivity index is 1.51. The number of nitrogens with one attached hydrogen (secondary N) is 4. The summed E-state index contributed by atoms with van der Waals surface area (Å²) in [5, 5.41) is 9.87. The first-order chi connectivity index (χ1) is 15.9. The molecule has 8 nitrogen and oxygen atoms in total. The lowest BCUT2D eigenvalue weighted by molar-refractivity contribution is -0.137. The summed E-state index contributed by atoms with van der Waals surface area (Å²) < 4.78 is 64.7. The van der Waals surface area contributed by atoms with Crippen LogP contribution in [-0.2, 0) is 15.8 Å². The number of benzene rings is 2. The maximum absolute atomic E-state index is 13.3. The highest BCUT2D eigenvalue weighted by atomic mass is 32.2. The van der Waals surface area contributed by atoms with Crippen molar-refractivity contribution in [3.63, 3.8) is 0 Å². The molecular formula is C20H18F5N5O3S. The molecule has 6 N–H and O–H groups in total. The standard InChI is InChI=1S/C20H18F5N5O3S/c21-12-5-4-9(6-13(12)22)17(32)28-15-16(26)29-19(30-18(15)33)34-8-14(31)27-11-3-1-2-10(7-11)20(23,24)25/h1-7,15-16,19,29H,8,26H2,(H,27,31)(H,28,32)(H,30,33). The molecule has 0 bridgehead atoms. The molecule has 3 amide bonds. The summed E-state index contributed by atoms with van der Waals surface area (Å²) in [4.78, 5) is 36.7. The van der Waals surface area contributed by atoms with Crippen LogP contribution in [0.1, 0.15) is 15.9 Å². The molecule has 2 aromatic carbocycles. The minimum absolute atomic E-state index is 0.0437. The van der Waals surface area contributed by atoms with E-state index in [0.29, 0.717) is 6.07 Å². The zero-order chi connectivity index (χ0) is 25.0. The zero-order valence-corrected chi connectivity index (χ0v) is 17.9. The summed E-state index contributed by atoms with van der Waals surface area (Å²) in [5.74, 6) is -4.79. The van der Waals surface area contributed by atoms with Crippen LogP contribution >= 0.6 is 11.8 Å². The second-order valence-corrected chi connectivity index (χ2v) is 8.19. The molecule has 1 aliphatic heterocycles. The van der Waals surface area contributed by atoms with E-state index in [-0.39, 0.29) is 17.0 Å². The summed E-state index contributed by atoms with van der Waals surface area (Å²) >= 11 is 0.902. The first-order valence-electron chi connectivity index (χ1n) is 9.60. The molecule has 3 rings (SSSR count). The van der Waals surface area contributed by atoms with Gasteiger partial charge in [0.15, 0.2) is 11.6 Å². The van der Waals surface area contributed by atoms with Crippen LogP contribution in [0.15, 0.2) is 42.5 Å². The van der Waals surface area contributed by atoms with Crippen molar-refractivity contribution in [3.8, 4) is 0 Å². The monoisotopic (exact) mass is 503 g/mol. The molecule has 3 atom stereocenters. The van der Waals surface area contributed by atoms with Crippen molar-refractivity contribution in [1.82, 2.24) is 16.0 Å². The average Bonchev–Trinajstić information content (AvgIpc) is 2.76. The largest absolute Gasteiger partial charge is 0.416 e. The number of hydrogen-bond donors (Lipinski definition) is 5. The number of carbonyl (C=O) groups is 3. The van der Waals surface area contributed by atoms with Crippen LogP contribution < -0.4 is 27.0 Å². The topological polar surface area (TPSA) is 125 Å². The number of rotatable bonds is 6. The highest BCUT2D eigenvalue weighted by Gasteiger charge is 2.36. The van der Waals surface area contributed by atoms with Crippen LogP contribution in [0.5, 0.6) is 0 Å². The molecule has 1 saturated heterocycles. The number of halogens is 5. The number of alkyl halides is 3. The Kier molecular flexibility index (Phi) is 7.74. The number of anilines is 1. The van der Waals surface area contributed by atoms with E-state index < -0.39 is 58.8 Å². The third kappa shape index (κ3) is 6.42. The minimum Gasteiger partial charge on any atom is -0.338 e. The Labute approximate surface area is 193 Å². The van der Waals surface area contributed by atoms with Crippen molar-refractivity contribution < 1.29 is 36.3 Å². The van der Waals surface area contributed by atoms with E-state index in [1.165, 1.54) is 6.07 Å². The molecule has 182 valence electrons. The Bertz CT molecular complexity index is 1100. The van der Waals surface area contributed by atoms with Crippen molar-refractivity contribution in [3.05, 3.63) is 65.2 Å². The molecule has 1 aliphatic rings. The Morgan fingerprint density at radius 2 is 1.82 bits per heavy atom. The highest BCUT2D eigenvalue weighted by Crippen LogP contribution is 2.30. The predicted octanol–water partition coefficient (Wildman–Crippen LogP) is 1.74. The van der Waals surface area contributed by atoms with Crippen LogP contribution in [-0.4, -0.2) is 41.2 Å². The van der Waals surface area contributed by atoms with E-state index in [1.54, 1.807) is 0 Å². The summed E-state index contributed by atoms with van der Waals surface area (Å²) in [6.07, 6.45) is -5.65. The van der Waals surface area contributed by atoms with E-state index in [0.717, 1.165) is 42.1 Å². The van der Waals surface area contributed by atoms with Crippen molar-refractivity contribution in [2.75, 3.05) is 11.1 Å². The molecule has 34 heavy (non-hydrogen) atoms. The van der Waals surface area contributed by atoms with E-state index in [1.807, 2.05) is 0 Å². The quantitative estimate of drug-likeness (QED) is 0.383. The summed E-state index contributed by atoms with van der Waals surface area (Å²) in [6, 6.07) is 5.34. The van der Waals surface area contributed by atoms with Crippen molar-refractivity contribution in [1.29, 1.82) is 0 Å². The van der Waals surface area contributed by atoms with Crippen molar-refractivity contribution in [2.45, 2.75) is 23.9 Å². The number of carbonyl (C=O) groups excluding carboxylic acids is 3. The molecule has 1 heterocycles. The maximum Gasteiger partial charge on any atom is 0.416 e. The lowest BCUT2D eigenvalue weighted by Gasteiger charge is -2.35. The van der Waals surface area contributed by atoms with Crippen LogP contribution in [0.4, 0.5) is 27.6 Å². The molecule has 0 aromatic heterocycles. The molecule has 0 spiro atoms. The van der Waals surface area contributed by atoms with Gasteiger partial charge in [-0.2, -0.15) is 13.2 Å². The van der Waals surface area contributed by atoms with Gasteiger partial charge in [-0.1, -0.05) is 6.07 Å². The summed E-state index contributed by atoms with van der Waals surface area (Å²) in [6.45, 7) is 0. The van der Waals surface area contributed by atoms with Gasteiger partial charge in [-0.25, -0.2) is 8.78 Å². The van der Waals surface area contributed by atoms with Gasteiger partial charge in [-0.05, 0) is 36.4 Å². The van der Waals surface area contributed by atoms with E-state index >= 15 is 0 Å². The van der Waals surface area contributed by atoms with E-state index in [4.69, 9.17) is 5.73 Å². The zero-order valence-electron chi connectivity index (χ0n) is 17.1. The summed E-state index contributed by atoms with van der Waals surface area (Å²) in [7, 11) is 0. The second kappa shape index (κ2) is 10.4. The van der Waals surface area contributed by atoms with Gasteiger partial charge in [0.1, 0.15) is 11.5 Å². The molecule has 2 aromatic rings. The smallest absolute Gasteiger partial charge is 0.338 e. The number of nitrogens with two attached hydrogens (primary N) is 1. The van der Waals surface area contributed by atoms with Gasteiger partial charge in [0, 0.05) is 11.3 Å². The van der Waals surface area contributed by atoms with Gasteiger partial charge in [0.25, 0.3) is 5.91 Å². The molecular weight excluding hydrogens is 485 g/mol. The fraction of sp³-hybridized carbons (Fsp3) is 0.250. The molecule has 0 radical (unpaired) electrons. The number of hydrogen-bond acceptors (Lipinski definition) is 6. The molecule has 3 unspecified atom stereocenters. The fourth-order valence-electron chi connectivity index (χ4n) is 2.93. The van der Waals surface area contributed by atoms with Gasteiger partial charge in [0.2, 0.25) is 11.8 Å². The average molecular weight is 503 g/mol. The Morgan fingerprint density at radius 1 is 1.09 bits per heavy atom. The third-order valence-corrected chi connectivity index (χ3v) is 5.60. The number of thioether (sulfide) groups is 1. The Morgan fingerprint density at radius 3 is 2.47 bits per heavy atom. The fourth-order valence-corrected chi connectivity index (χ4v) is 3.77. The second-order valence-electron chi connectivity index (χ2n) is 7.10. The normalized spacial score (nSPS) is 20.4. The van der Waals surface area contributed by atoms with Gasteiger partial charge >= 0.3 is 6.18 Å². The Hall–Kier alpha value is -3.23. The maximum atomic E-state index is 13.3. The van der Waals surface area contributed by atoms with Crippen LogP contribution in [0.3, 0.4) is 0 Å². The molecule has 1 fully saturated rings. The first kappa shape index (κ1) is 25.4. The van der Waals surface area contributed by atoms with Crippen molar-refractivity contribution in [2.24, 2.45) is 5.73 Å². The highest BCUT2D eigenvalue weighted by molar-refractivity contribution is 8.00. The van der Waals surface area contributed by atoms with Crippen molar-refractivity contribution >= 4 is 35.2 Å². The third-order valence-electron chi connectivity index (χ3n) is 4.58. The molecule has 0 saturated carbocycles. The van der Waals surface area contributed by atoms with Crippen LogP contribution in [0, 0.1) is 11.6 Å². The summed E-state index contributed by atoms with van der Waals surface area (Å²) in [5.41, 5.74) is 3.87. The van der Waals surface area contributed by atoms with Gasteiger partial charge < -0.3 is 21.7 Å². The van der Waals surface area contributed by atoms with Gasteiger partial charge in [-0.15, -0.1) is 11.8 Å². The lowest BCUT2D eigenvalue weighted by atomic mass is 10.1. The minimum atomic E-state index is -4.56. The van der Waals surface area contributed by atoms with Gasteiger partial charge in [0.05, 0.1) is 17.5 Å².